The topological polar surface area (TPSA) is 41.6 Å². The summed E-state index contributed by atoms with van der Waals surface area (Å²) in [5.41, 5.74) is 3.24. The standard InChI is InChI=1S/C15H20N2O2/c1-11-2-3-12-10-13(4-5-14(12)16-11)15(18)17-6-8-19-9-7-17/h4-5,10-11,16H,2-3,6-9H2,1H3/t11-/m0/s1. The van der Waals surface area contributed by atoms with Crippen LogP contribution in [0.3, 0.4) is 0 Å². The minimum absolute atomic E-state index is 0.129. The van der Waals surface area contributed by atoms with E-state index in [1.165, 1.54) is 11.3 Å². The summed E-state index contributed by atoms with van der Waals surface area (Å²) in [6, 6.07) is 6.54. The van der Waals surface area contributed by atoms with Gasteiger partial charge in [0.05, 0.1) is 13.2 Å². The number of nitrogens with one attached hydrogen (secondary N) is 1. The summed E-state index contributed by atoms with van der Waals surface area (Å²) in [5, 5.41) is 3.46. The molecular formula is C15H20N2O2. The quantitative estimate of drug-likeness (QED) is 0.838. The number of carbonyl (C=O) groups excluding carboxylic acids is 1. The van der Waals surface area contributed by atoms with E-state index in [2.05, 4.69) is 12.2 Å². The Morgan fingerprint density at radius 1 is 1.37 bits per heavy atom. The summed E-state index contributed by atoms with van der Waals surface area (Å²) in [5.74, 6) is 0.129. The second kappa shape index (κ2) is 5.21. The van der Waals surface area contributed by atoms with E-state index in [0.29, 0.717) is 32.3 Å². The van der Waals surface area contributed by atoms with Gasteiger partial charge in [-0.15, -0.1) is 0 Å². The summed E-state index contributed by atoms with van der Waals surface area (Å²) in [7, 11) is 0. The average Bonchev–Trinajstić information content (AvgIpc) is 2.47. The van der Waals surface area contributed by atoms with Gasteiger partial charge in [-0.05, 0) is 43.5 Å². The molecule has 102 valence electrons. The molecule has 2 aliphatic heterocycles. The van der Waals surface area contributed by atoms with Crippen molar-refractivity contribution >= 4 is 11.6 Å². The molecule has 1 amide bonds. The van der Waals surface area contributed by atoms with E-state index in [9.17, 15) is 4.79 Å². The van der Waals surface area contributed by atoms with Crippen molar-refractivity contribution in [2.45, 2.75) is 25.8 Å². The van der Waals surface area contributed by atoms with Crippen LogP contribution in [0.5, 0.6) is 0 Å². The Hall–Kier alpha value is -1.55. The molecule has 0 bridgehead atoms. The molecule has 0 aromatic heterocycles. The van der Waals surface area contributed by atoms with Gasteiger partial charge in [-0.25, -0.2) is 0 Å². The molecule has 1 aromatic rings. The van der Waals surface area contributed by atoms with Gasteiger partial charge in [-0.2, -0.15) is 0 Å². The van der Waals surface area contributed by atoms with E-state index < -0.39 is 0 Å². The summed E-state index contributed by atoms with van der Waals surface area (Å²) < 4.78 is 5.28. The van der Waals surface area contributed by atoms with Crippen molar-refractivity contribution in [1.29, 1.82) is 0 Å². The van der Waals surface area contributed by atoms with Crippen molar-refractivity contribution in [3.05, 3.63) is 29.3 Å². The van der Waals surface area contributed by atoms with E-state index in [1.54, 1.807) is 0 Å². The molecule has 4 heteroatoms. The molecule has 19 heavy (non-hydrogen) atoms. The Labute approximate surface area is 113 Å². The van der Waals surface area contributed by atoms with Gasteiger partial charge in [0, 0.05) is 30.4 Å². The predicted molar refractivity (Wildman–Crippen MR) is 74.6 cm³/mol. The van der Waals surface area contributed by atoms with E-state index in [1.807, 2.05) is 23.1 Å². The molecule has 3 rings (SSSR count). The smallest absolute Gasteiger partial charge is 0.254 e. The zero-order chi connectivity index (χ0) is 13.2. The third kappa shape index (κ3) is 2.59. The molecule has 0 unspecified atom stereocenters. The zero-order valence-electron chi connectivity index (χ0n) is 11.3. The van der Waals surface area contributed by atoms with E-state index in [-0.39, 0.29) is 5.91 Å². The van der Waals surface area contributed by atoms with Gasteiger partial charge >= 0.3 is 0 Å². The number of ether oxygens (including phenoxy) is 1. The number of morpholine rings is 1. The van der Waals surface area contributed by atoms with Gasteiger partial charge < -0.3 is 15.0 Å². The fourth-order valence-electron chi connectivity index (χ4n) is 2.73. The maximum Gasteiger partial charge on any atom is 0.254 e. The predicted octanol–water partition coefficient (Wildman–Crippen LogP) is 1.91. The minimum Gasteiger partial charge on any atom is -0.382 e. The first-order chi connectivity index (χ1) is 9.24. The third-order valence-electron chi connectivity index (χ3n) is 3.90. The molecule has 1 N–H and O–H groups in total. The van der Waals surface area contributed by atoms with Crippen LogP contribution in [0.1, 0.15) is 29.3 Å². The van der Waals surface area contributed by atoms with Crippen LogP contribution in [0.15, 0.2) is 18.2 Å². The van der Waals surface area contributed by atoms with E-state index >= 15 is 0 Å². The van der Waals surface area contributed by atoms with Crippen molar-refractivity contribution in [1.82, 2.24) is 4.90 Å². The first-order valence-electron chi connectivity index (χ1n) is 7.00. The monoisotopic (exact) mass is 260 g/mol. The fraction of sp³-hybridized carbons (Fsp3) is 0.533. The second-order valence-electron chi connectivity index (χ2n) is 5.36. The van der Waals surface area contributed by atoms with E-state index in [0.717, 1.165) is 18.4 Å². The molecule has 1 saturated heterocycles. The van der Waals surface area contributed by atoms with Crippen LogP contribution >= 0.6 is 0 Å². The third-order valence-corrected chi connectivity index (χ3v) is 3.90. The molecule has 1 fully saturated rings. The van der Waals surface area contributed by atoms with Crippen LogP contribution in [0.2, 0.25) is 0 Å². The molecule has 0 saturated carbocycles. The highest BCUT2D eigenvalue weighted by Gasteiger charge is 2.21. The van der Waals surface area contributed by atoms with Gasteiger partial charge in [0.25, 0.3) is 5.91 Å². The van der Waals surface area contributed by atoms with Crippen LogP contribution in [-0.2, 0) is 11.2 Å². The van der Waals surface area contributed by atoms with E-state index in [4.69, 9.17) is 4.74 Å². The molecule has 4 nitrogen and oxygen atoms in total. The highest BCUT2D eigenvalue weighted by Crippen LogP contribution is 2.26. The molecule has 0 radical (unpaired) electrons. The molecule has 2 aliphatic rings. The molecule has 0 spiro atoms. The number of hydrogen-bond acceptors (Lipinski definition) is 3. The maximum atomic E-state index is 12.4. The number of rotatable bonds is 1. The fourth-order valence-corrected chi connectivity index (χ4v) is 2.73. The highest BCUT2D eigenvalue weighted by atomic mass is 16.5. The van der Waals surface area contributed by atoms with Crippen molar-refractivity contribution in [2.24, 2.45) is 0 Å². The molecule has 1 aromatic carbocycles. The number of benzene rings is 1. The van der Waals surface area contributed by atoms with Crippen LogP contribution in [-0.4, -0.2) is 43.2 Å². The van der Waals surface area contributed by atoms with Crippen LogP contribution in [0, 0.1) is 0 Å². The van der Waals surface area contributed by atoms with Crippen molar-refractivity contribution in [2.75, 3.05) is 31.6 Å². The van der Waals surface area contributed by atoms with Gasteiger partial charge in [-0.3, -0.25) is 4.79 Å². The summed E-state index contributed by atoms with van der Waals surface area (Å²) in [6.45, 7) is 4.89. The Bertz CT molecular complexity index is 481. The lowest BCUT2D eigenvalue weighted by Gasteiger charge is -2.28. The van der Waals surface area contributed by atoms with Gasteiger partial charge in [-0.1, -0.05) is 0 Å². The van der Waals surface area contributed by atoms with Crippen LogP contribution in [0.25, 0.3) is 0 Å². The van der Waals surface area contributed by atoms with Crippen molar-refractivity contribution in [3.63, 3.8) is 0 Å². The van der Waals surface area contributed by atoms with Gasteiger partial charge in [0.2, 0.25) is 0 Å². The number of aryl methyl sites for hydroxylation is 1. The first kappa shape index (κ1) is 12.5. The summed E-state index contributed by atoms with van der Waals surface area (Å²) in [4.78, 5) is 14.3. The molecule has 1 atom stereocenters. The molecule has 2 heterocycles. The number of anilines is 1. The normalized spacial score (nSPS) is 22.6. The van der Waals surface area contributed by atoms with Crippen LogP contribution < -0.4 is 5.32 Å². The van der Waals surface area contributed by atoms with Gasteiger partial charge in [0.1, 0.15) is 0 Å². The van der Waals surface area contributed by atoms with Crippen molar-refractivity contribution < 1.29 is 9.53 Å². The zero-order valence-corrected chi connectivity index (χ0v) is 11.3. The van der Waals surface area contributed by atoms with Crippen molar-refractivity contribution in [3.8, 4) is 0 Å². The largest absolute Gasteiger partial charge is 0.382 e. The highest BCUT2D eigenvalue weighted by molar-refractivity contribution is 5.95. The average molecular weight is 260 g/mol. The first-order valence-corrected chi connectivity index (χ1v) is 7.00. The lowest BCUT2D eigenvalue weighted by atomic mass is 9.97. The second-order valence-corrected chi connectivity index (χ2v) is 5.36. The SMILES string of the molecule is C[C@H]1CCc2cc(C(=O)N3CCOCC3)ccc2N1. The van der Waals surface area contributed by atoms with Crippen LogP contribution in [0.4, 0.5) is 5.69 Å². The summed E-state index contributed by atoms with van der Waals surface area (Å²) >= 11 is 0. The Kier molecular flexibility index (Phi) is 3.42. The Morgan fingerprint density at radius 3 is 2.95 bits per heavy atom. The summed E-state index contributed by atoms with van der Waals surface area (Å²) in [6.07, 6.45) is 2.18. The molecule has 0 aliphatic carbocycles. The number of carbonyl (C=O) groups is 1. The minimum atomic E-state index is 0.129. The Balaban J connectivity index is 1.79. The maximum absolute atomic E-state index is 12.4. The lowest BCUT2D eigenvalue weighted by Crippen LogP contribution is -2.40. The van der Waals surface area contributed by atoms with Gasteiger partial charge in [0.15, 0.2) is 0 Å². The Morgan fingerprint density at radius 2 is 2.16 bits per heavy atom. The number of nitrogens with zero attached hydrogens (tertiary/aromatic N) is 1. The number of amides is 1. The lowest BCUT2D eigenvalue weighted by molar-refractivity contribution is 0.0303. The number of hydrogen-bond donors (Lipinski definition) is 1. The molecular weight excluding hydrogens is 240 g/mol. The number of fused-ring (bicyclic) bond motifs is 1.